The number of hydrogen-bond acceptors (Lipinski definition) is 4. The summed E-state index contributed by atoms with van der Waals surface area (Å²) in [6.07, 6.45) is -2.22. The van der Waals surface area contributed by atoms with Crippen LogP contribution in [-0.4, -0.2) is 35.2 Å². The molecule has 2 heterocycles. The Hall–Kier alpha value is -2.36. The normalized spacial score (nSPS) is 17.4. The third kappa shape index (κ3) is 3.51. The van der Waals surface area contributed by atoms with Gasteiger partial charge in [0.25, 0.3) is 5.92 Å². The summed E-state index contributed by atoms with van der Waals surface area (Å²) in [4.78, 5) is -0.351. The summed E-state index contributed by atoms with van der Waals surface area (Å²) in [6, 6.07) is 8.00. The highest BCUT2D eigenvalue weighted by molar-refractivity contribution is 7.91. The fourth-order valence-electron chi connectivity index (χ4n) is 4.10. The van der Waals surface area contributed by atoms with Gasteiger partial charge in [-0.25, -0.2) is 21.6 Å². The Bertz CT molecular complexity index is 1250. The third-order valence-corrected chi connectivity index (χ3v) is 7.37. The summed E-state index contributed by atoms with van der Waals surface area (Å²) >= 11 is 0. The van der Waals surface area contributed by atoms with Crippen LogP contribution < -0.4 is 0 Å². The molecule has 0 saturated heterocycles. The number of aliphatic hydroxyl groups is 2. The first-order valence-electron chi connectivity index (χ1n) is 9.37. The van der Waals surface area contributed by atoms with Gasteiger partial charge in [0, 0.05) is 28.6 Å². The van der Waals surface area contributed by atoms with Crippen LogP contribution in [0.4, 0.5) is 13.2 Å². The van der Waals surface area contributed by atoms with Gasteiger partial charge in [0.15, 0.2) is 16.1 Å². The van der Waals surface area contributed by atoms with Crippen molar-refractivity contribution in [2.45, 2.75) is 43.4 Å². The second kappa shape index (κ2) is 7.11. The Labute approximate surface area is 171 Å². The van der Waals surface area contributed by atoms with Gasteiger partial charge >= 0.3 is 0 Å². The highest BCUT2D eigenvalue weighted by atomic mass is 32.2. The number of sulfone groups is 1. The summed E-state index contributed by atoms with van der Waals surface area (Å²) < 4.78 is 68.7. The number of aromatic nitrogens is 1. The second-order valence-corrected chi connectivity index (χ2v) is 9.67. The molecule has 0 atom stereocenters. The number of benzene rings is 2. The maximum absolute atomic E-state index is 14.4. The summed E-state index contributed by atoms with van der Waals surface area (Å²) in [5.41, 5.74) is 1.82. The predicted molar refractivity (Wildman–Crippen MR) is 105 cm³/mol. The fourth-order valence-corrected chi connectivity index (χ4v) is 5.66. The molecule has 1 aliphatic rings. The van der Waals surface area contributed by atoms with E-state index in [0.29, 0.717) is 27.7 Å². The van der Waals surface area contributed by atoms with E-state index in [1.165, 1.54) is 36.4 Å². The van der Waals surface area contributed by atoms with Crippen molar-refractivity contribution in [1.29, 1.82) is 0 Å². The van der Waals surface area contributed by atoms with Gasteiger partial charge in [-0.2, -0.15) is 0 Å². The number of halogens is 3. The van der Waals surface area contributed by atoms with Crippen molar-refractivity contribution in [3.05, 3.63) is 64.6 Å². The molecule has 0 radical (unpaired) electrons. The van der Waals surface area contributed by atoms with Crippen molar-refractivity contribution in [2.75, 3.05) is 5.75 Å². The molecule has 5 nitrogen and oxygen atoms in total. The summed E-state index contributed by atoms with van der Waals surface area (Å²) in [5.74, 6) is -4.32. The Balaban J connectivity index is 1.84. The highest BCUT2D eigenvalue weighted by Crippen LogP contribution is 2.42. The van der Waals surface area contributed by atoms with E-state index in [4.69, 9.17) is 0 Å². The van der Waals surface area contributed by atoms with Crippen LogP contribution in [0.25, 0.3) is 10.9 Å². The Morgan fingerprint density at radius 1 is 1.17 bits per heavy atom. The first-order chi connectivity index (χ1) is 14.0. The average molecular weight is 439 g/mol. The number of nitrogens with zero attached hydrogens (tertiary/aromatic N) is 1. The van der Waals surface area contributed by atoms with E-state index in [-0.39, 0.29) is 17.9 Å². The Morgan fingerprint density at radius 2 is 1.90 bits per heavy atom. The van der Waals surface area contributed by atoms with E-state index in [2.05, 4.69) is 0 Å². The largest absolute Gasteiger partial charge is 0.367 e. The highest BCUT2D eigenvalue weighted by Gasteiger charge is 2.43. The minimum Gasteiger partial charge on any atom is -0.367 e. The van der Waals surface area contributed by atoms with Crippen LogP contribution in [0, 0.1) is 12.7 Å². The van der Waals surface area contributed by atoms with Crippen LogP contribution >= 0.6 is 0 Å². The second-order valence-electron chi connectivity index (χ2n) is 7.60. The van der Waals surface area contributed by atoms with Crippen molar-refractivity contribution in [1.82, 2.24) is 4.57 Å². The maximum Gasteiger partial charge on any atom is 0.275 e. The molecule has 0 bridgehead atoms. The Morgan fingerprint density at radius 3 is 2.60 bits per heavy atom. The van der Waals surface area contributed by atoms with Crippen LogP contribution in [0.1, 0.15) is 28.8 Å². The zero-order valence-electron chi connectivity index (χ0n) is 16.1. The zero-order valence-corrected chi connectivity index (χ0v) is 16.9. The van der Waals surface area contributed by atoms with Crippen LogP contribution in [0.15, 0.2) is 41.3 Å². The SMILES string of the molecule is Cc1c(Cc2ccc3c(c2)C(F)(F)CCS3(=O)=O)c2cc(F)ccc2n1CC(O)O. The van der Waals surface area contributed by atoms with Gasteiger partial charge in [-0.15, -0.1) is 0 Å². The molecule has 0 fully saturated rings. The minimum absolute atomic E-state index is 0.130. The van der Waals surface area contributed by atoms with Crippen molar-refractivity contribution >= 4 is 20.7 Å². The molecule has 160 valence electrons. The van der Waals surface area contributed by atoms with E-state index in [1.54, 1.807) is 11.5 Å². The lowest BCUT2D eigenvalue weighted by Gasteiger charge is -2.25. The molecule has 2 N–H and O–H groups in total. The lowest BCUT2D eigenvalue weighted by Crippen LogP contribution is -2.28. The predicted octanol–water partition coefficient (Wildman–Crippen LogP) is 3.26. The van der Waals surface area contributed by atoms with Gasteiger partial charge in [0.1, 0.15) is 5.82 Å². The summed E-state index contributed by atoms with van der Waals surface area (Å²) in [6.45, 7) is 1.60. The molecule has 0 amide bonds. The molecule has 4 rings (SSSR count). The molecular formula is C21H20F3NO4S. The first-order valence-corrected chi connectivity index (χ1v) is 11.0. The lowest BCUT2D eigenvalue weighted by atomic mass is 9.97. The van der Waals surface area contributed by atoms with Crippen molar-refractivity contribution in [3.8, 4) is 0 Å². The lowest BCUT2D eigenvalue weighted by molar-refractivity contribution is -0.0508. The molecule has 30 heavy (non-hydrogen) atoms. The van der Waals surface area contributed by atoms with E-state index in [9.17, 15) is 31.8 Å². The van der Waals surface area contributed by atoms with Gasteiger partial charge in [-0.3, -0.25) is 0 Å². The van der Waals surface area contributed by atoms with E-state index >= 15 is 0 Å². The van der Waals surface area contributed by atoms with Gasteiger partial charge < -0.3 is 14.8 Å². The molecule has 0 unspecified atom stereocenters. The molecule has 0 spiro atoms. The standard InChI is InChI=1S/C21H20F3NO4S/c1-12-15(16-10-14(22)3-4-18(16)25(12)11-20(26)27)8-13-2-5-19-17(9-13)21(23,24)6-7-30(19,28)29/h2-5,9-10,20,26-27H,6-8,11H2,1H3. The number of aliphatic hydroxyl groups excluding tert-OH is 1. The van der Waals surface area contributed by atoms with Crippen LogP contribution in [-0.2, 0) is 28.7 Å². The molecular weight excluding hydrogens is 419 g/mol. The third-order valence-electron chi connectivity index (χ3n) is 5.60. The molecule has 9 heteroatoms. The number of alkyl halides is 2. The monoisotopic (exact) mass is 439 g/mol. The van der Waals surface area contributed by atoms with Gasteiger partial charge in [-0.05, 0) is 54.8 Å². The molecule has 0 aliphatic carbocycles. The zero-order chi connectivity index (χ0) is 21.8. The van der Waals surface area contributed by atoms with Crippen LogP contribution in [0.5, 0.6) is 0 Å². The minimum atomic E-state index is -3.75. The topological polar surface area (TPSA) is 79.5 Å². The van der Waals surface area contributed by atoms with Crippen LogP contribution in [0.2, 0.25) is 0 Å². The first kappa shape index (κ1) is 20.9. The molecule has 2 aromatic carbocycles. The Kier molecular flexibility index (Phi) is 4.95. The van der Waals surface area contributed by atoms with Gasteiger partial charge in [0.05, 0.1) is 17.2 Å². The smallest absolute Gasteiger partial charge is 0.275 e. The average Bonchev–Trinajstić information content (AvgIpc) is 2.90. The van der Waals surface area contributed by atoms with Crippen LogP contribution in [0.3, 0.4) is 0 Å². The van der Waals surface area contributed by atoms with Gasteiger partial charge in [-0.1, -0.05) is 6.07 Å². The van der Waals surface area contributed by atoms with E-state index < -0.39 is 45.6 Å². The number of rotatable bonds is 4. The van der Waals surface area contributed by atoms with Crippen molar-refractivity contribution in [3.63, 3.8) is 0 Å². The quantitative estimate of drug-likeness (QED) is 0.612. The van der Waals surface area contributed by atoms with E-state index in [1.807, 2.05) is 0 Å². The molecule has 0 saturated carbocycles. The van der Waals surface area contributed by atoms with Gasteiger partial charge in [0.2, 0.25) is 0 Å². The maximum atomic E-state index is 14.4. The van der Waals surface area contributed by atoms with Crippen molar-refractivity contribution in [2.24, 2.45) is 0 Å². The van der Waals surface area contributed by atoms with Crippen molar-refractivity contribution < 1.29 is 31.8 Å². The molecule has 1 aromatic heterocycles. The fraction of sp³-hybridized carbons (Fsp3) is 0.333. The number of hydrogen-bond donors (Lipinski definition) is 2. The molecule has 3 aromatic rings. The number of fused-ring (bicyclic) bond motifs is 2. The van der Waals surface area contributed by atoms with E-state index in [0.717, 1.165) is 0 Å². The summed E-state index contributed by atoms with van der Waals surface area (Å²) in [5, 5.41) is 19.3. The molecule has 1 aliphatic heterocycles. The summed E-state index contributed by atoms with van der Waals surface area (Å²) in [7, 11) is -3.75.